The largest absolute Gasteiger partial charge is 0.0985 e. The van der Waals surface area contributed by atoms with E-state index in [0.29, 0.717) is 0 Å². The van der Waals surface area contributed by atoms with E-state index in [2.05, 4.69) is 18.7 Å². The Morgan fingerprint density at radius 3 is 2.71 bits per heavy atom. The van der Waals surface area contributed by atoms with Crippen LogP contribution in [0.3, 0.4) is 0 Å². The summed E-state index contributed by atoms with van der Waals surface area (Å²) < 4.78 is 0. The van der Waals surface area contributed by atoms with E-state index in [0.717, 1.165) is 26.9 Å². The fraction of sp³-hybridized carbons (Fsp3) is 0.0769. The van der Waals surface area contributed by atoms with Gasteiger partial charge in [0.25, 0.3) is 0 Å². The molecule has 0 unspecified atom stereocenters. The average Bonchev–Trinajstić information content (AvgIpc) is 2.23. The van der Waals surface area contributed by atoms with E-state index in [1.807, 2.05) is 31.2 Å². The van der Waals surface area contributed by atoms with Crippen LogP contribution in [0.2, 0.25) is 5.02 Å². The molecule has 1 heteroatoms. The standard InChI is InChI=1S/C13H11Cl/c1-3-10-8-11-6-4-5-7-12(11)13(14)9(10)2/h3-8H,1H2,2H3. The molecule has 14 heavy (non-hydrogen) atoms. The molecule has 0 fully saturated rings. The summed E-state index contributed by atoms with van der Waals surface area (Å²) in [7, 11) is 0. The van der Waals surface area contributed by atoms with Crippen LogP contribution in [0.25, 0.3) is 16.8 Å². The van der Waals surface area contributed by atoms with Gasteiger partial charge in [0.15, 0.2) is 0 Å². The van der Waals surface area contributed by atoms with Crippen LogP contribution in [0.4, 0.5) is 0 Å². The van der Waals surface area contributed by atoms with Crippen molar-refractivity contribution < 1.29 is 0 Å². The first-order valence-electron chi connectivity index (χ1n) is 4.54. The Morgan fingerprint density at radius 2 is 2.00 bits per heavy atom. The minimum atomic E-state index is 0.831. The van der Waals surface area contributed by atoms with Gasteiger partial charge in [0.2, 0.25) is 0 Å². The lowest BCUT2D eigenvalue weighted by molar-refractivity contribution is 1.47. The third kappa shape index (κ3) is 1.32. The Bertz CT molecular complexity index is 498. The first kappa shape index (κ1) is 9.29. The fourth-order valence-corrected chi connectivity index (χ4v) is 1.92. The Hall–Kier alpha value is -1.27. The third-order valence-corrected chi connectivity index (χ3v) is 2.98. The molecule has 70 valence electrons. The zero-order chi connectivity index (χ0) is 10.1. The van der Waals surface area contributed by atoms with Crippen molar-refractivity contribution in [2.75, 3.05) is 0 Å². The van der Waals surface area contributed by atoms with Crippen molar-refractivity contribution >= 4 is 28.4 Å². The summed E-state index contributed by atoms with van der Waals surface area (Å²) in [4.78, 5) is 0. The van der Waals surface area contributed by atoms with Crippen LogP contribution in [-0.2, 0) is 0 Å². The molecule has 0 heterocycles. The number of hydrogen-bond acceptors (Lipinski definition) is 0. The minimum Gasteiger partial charge on any atom is -0.0985 e. The molecule has 0 aliphatic rings. The van der Waals surface area contributed by atoms with Crippen molar-refractivity contribution in [3.05, 3.63) is 53.1 Å². The molecule has 0 bridgehead atoms. The second kappa shape index (κ2) is 3.47. The highest BCUT2D eigenvalue weighted by molar-refractivity contribution is 6.36. The lowest BCUT2D eigenvalue weighted by atomic mass is 10.0. The second-order valence-electron chi connectivity index (χ2n) is 3.33. The fourth-order valence-electron chi connectivity index (χ4n) is 1.64. The minimum absolute atomic E-state index is 0.831. The number of rotatable bonds is 1. The normalized spacial score (nSPS) is 10.4. The first-order valence-corrected chi connectivity index (χ1v) is 4.92. The van der Waals surface area contributed by atoms with Gasteiger partial charge in [0.05, 0.1) is 5.02 Å². The van der Waals surface area contributed by atoms with Gasteiger partial charge in [-0.3, -0.25) is 0 Å². The number of fused-ring (bicyclic) bond motifs is 1. The lowest BCUT2D eigenvalue weighted by Crippen LogP contribution is -1.84. The van der Waals surface area contributed by atoms with E-state index in [4.69, 9.17) is 11.6 Å². The molecule has 0 aliphatic carbocycles. The lowest BCUT2D eigenvalue weighted by Gasteiger charge is -2.07. The summed E-state index contributed by atoms with van der Waals surface area (Å²) >= 11 is 6.26. The quantitative estimate of drug-likeness (QED) is 0.641. The Labute approximate surface area is 88.8 Å². The predicted octanol–water partition coefficient (Wildman–Crippen LogP) is 4.44. The van der Waals surface area contributed by atoms with E-state index in [1.54, 1.807) is 0 Å². The van der Waals surface area contributed by atoms with Crippen molar-refractivity contribution in [3.63, 3.8) is 0 Å². The molecule has 0 aromatic heterocycles. The van der Waals surface area contributed by atoms with E-state index < -0.39 is 0 Å². The van der Waals surface area contributed by atoms with Gasteiger partial charge in [-0.2, -0.15) is 0 Å². The molecule has 0 nitrogen and oxygen atoms in total. The molecule has 0 saturated carbocycles. The van der Waals surface area contributed by atoms with Crippen LogP contribution in [0.15, 0.2) is 36.9 Å². The van der Waals surface area contributed by atoms with Gasteiger partial charge in [-0.1, -0.05) is 48.5 Å². The number of hydrogen-bond donors (Lipinski definition) is 0. The molecular formula is C13H11Cl. The van der Waals surface area contributed by atoms with Crippen LogP contribution in [0.1, 0.15) is 11.1 Å². The highest BCUT2D eigenvalue weighted by atomic mass is 35.5. The van der Waals surface area contributed by atoms with E-state index in [9.17, 15) is 0 Å². The maximum absolute atomic E-state index is 6.26. The monoisotopic (exact) mass is 202 g/mol. The van der Waals surface area contributed by atoms with Gasteiger partial charge in [0, 0.05) is 5.39 Å². The number of benzene rings is 2. The molecule has 0 amide bonds. The smallest absolute Gasteiger partial charge is 0.0519 e. The third-order valence-electron chi connectivity index (χ3n) is 2.49. The maximum Gasteiger partial charge on any atom is 0.0519 e. The molecule has 2 aromatic carbocycles. The average molecular weight is 203 g/mol. The summed E-state index contributed by atoms with van der Waals surface area (Å²) in [6.07, 6.45) is 1.84. The first-order chi connectivity index (χ1) is 6.74. The van der Waals surface area contributed by atoms with Crippen molar-refractivity contribution in [3.8, 4) is 0 Å². The van der Waals surface area contributed by atoms with Crippen LogP contribution in [0, 0.1) is 6.92 Å². The topological polar surface area (TPSA) is 0 Å². The molecule has 0 saturated heterocycles. The summed E-state index contributed by atoms with van der Waals surface area (Å²) in [6, 6.07) is 10.2. The second-order valence-corrected chi connectivity index (χ2v) is 3.71. The summed E-state index contributed by atoms with van der Waals surface area (Å²) in [5.74, 6) is 0. The van der Waals surface area contributed by atoms with Crippen molar-refractivity contribution in [2.45, 2.75) is 6.92 Å². The summed E-state index contributed by atoms with van der Waals surface area (Å²) in [6.45, 7) is 5.80. The van der Waals surface area contributed by atoms with E-state index in [1.165, 1.54) is 0 Å². The molecular weight excluding hydrogens is 192 g/mol. The number of halogens is 1. The van der Waals surface area contributed by atoms with Crippen LogP contribution in [-0.4, -0.2) is 0 Å². The zero-order valence-electron chi connectivity index (χ0n) is 8.05. The molecule has 2 aromatic rings. The highest BCUT2D eigenvalue weighted by Crippen LogP contribution is 2.30. The molecule has 0 N–H and O–H groups in total. The van der Waals surface area contributed by atoms with Gasteiger partial charge in [-0.15, -0.1) is 0 Å². The summed E-state index contributed by atoms with van der Waals surface area (Å²) in [5, 5.41) is 3.10. The molecule has 0 aliphatic heterocycles. The van der Waals surface area contributed by atoms with Gasteiger partial charge in [0.1, 0.15) is 0 Å². The SMILES string of the molecule is C=Cc1cc2ccccc2c(Cl)c1C. The predicted molar refractivity (Wildman–Crippen MR) is 63.8 cm³/mol. The molecule has 0 spiro atoms. The van der Waals surface area contributed by atoms with Gasteiger partial charge >= 0.3 is 0 Å². The van der Waals surface area contributed by atoms with E-state index >= 15 is 0 Å². The zero-order valence-corrected chi connectivity index (χ0v) is 8.81. The van der Waals surface area contributed by atoms with Crippen LogP contribution >= 0.6 is 11.6 Å². The highest BCUT2D eigenvalue weighted by Gasteiger charge is 2.05. The van der Waals surface area contributed by atoms with Gasteiger partial charge < -0.3 is 0 Å². The van der Waals surface area contributed by atoms with E-state index in [-0.39, 0.29) is 0 Å². The van der Waals surface area contributed by atoms with Gasteiger partial charge in [-0.25, -0.2) is 0 Å². The van der Waals surface area contributed by atoms with Crippen molar-refractivity contribution in [1.29, 1.82) is 0 Å². The van der Waals surface area contributed by atoms with Crippen molar-refractivity contribution in [2.24, 2.45) is 0 Å². The van der Waals surface area contributed by atoms with Gasteiger partial charge in [-0.05, 0) is 29.5 Å². The van der Waals surface area contributed by atoms with Crippen molar-refractivity contribution in [1.82, 2.24) is 0 Å². The molecule has 0 atom stereocenters. The summed E-state index contributed by atoms with van der Waals surface area (Å²) in [5.41, 5.74) is 2.20. The maximum atomic E-state index is 6.26. The Kier molecular flexibility index (Phi) is 2.30. The Morgan fingerprint density at radius 1 is 1.29 bits per heavy atom. The molecule has 0 radical (unpaired) electrons. The molecule has 2 rings (SSSR count). The van der Waals surface area contributed by atoms with Crippen LogP contribution in [0.5, 0.6) is 0 Å². The van der Waals surface area contributed by atoms with Crippen LogP contribution < -0.4 is 0 Å². The Balaban J connectivity index is 2.91.